The average Bonchev–Trinajstić information content (AvgIpc) is 2.46. The van der Waals surface area contributed by atoms with Crippen molar-refractivity contribution in [3.05, 3.63) is 34.9 Å². The topological polar surface area (TPSA) is 101 Å². The van der Waals surface area contributed by atoms with Gasteiger partial charge in [-0.2, -0.15) is 0 Å². The van der Waals surface area contributed by atoms with E-state index in [1.807, 2.05) is 6.92 Å². The zero-order valence-electron chi connectivity index (χ0n) is 10.9. The number of aryl methyl sites for hydroxylation is 1. The number of aromatic carboxylic acids is 1. The molecule has 0 saturated heterocycles. The Kier molecular flexibility index (Phi) is 3.11. The number of hydrogen-bond acceptors (Lipinski definition) is 6. The lowest BCUT2D eigenvalue weighted by molar-refractivity contribution is 0.0688. The smallest absolute Gasteiger partial charge is 0.354 e. The van der Waals surface area contributed by atoms with Crippen LogP contribution >= 0.6 is 0 Å². The van der Waals surface area contributed by atoms with Crippen LogP contribution in [-0.4, -0.2) is 37.6 Å². The van der Waals surface area contributed by atoms with Gasteiger partial charge in [-0.15, -0.1) is 0 Å². The van der Waals surface area contributed by atoms with Gasteiger partial charge in [0.1, 0.15) is 0 Å². The maximum atomic E-state index is 11.4. The van der Waals surface area contributed by atoms with Crippen molar-refractivity contribution in [2.45, 2.75) is 19.9 Å². The predicted octanol–water partition coefficient (Wildman–Crippen LogP) is 0.586. The first-order valence-corrected chi connectivity index (χ1v) is 6.28. The number of nitrogens with zero attached hydrogens (tertiary/aromatic N) is 4. The third-order valence-electron chi connectivity index (χ3n) is 3.12. The van der Waals surface area contributed by atoms with E-state index in [2.05, 4.69) is 25.3 Å². The van der Waals surface area contributed by atoms with Crippen molar-refractivity contribution >= 4 is 5.97 Å². The van der Waals surface area contributed by atoms with E-state index in [0.29, 0.717) is 30.0 Å². The molecule has 1 aliphatic heterocycles. The van der Waals surface area contributed by atoms with Crippen molar-refractivity contribution in [2.24, 2.45) is 0 Å². The van der Waals surface area contributed by atoms with Gasteiger partial charge in [-0.05, 0) is 25.5 Å². The van der Waals surface area contributed by atoms with Crippen molar-refractivity contribution in [1.82, 2.24) is 25.3 Å². The second-order valence-electron chi connectivity index (χ2n) is 4.64. The van der Waals surface area contributed by atoms with Crippen LogP contribution < -0.4 is 5.32 Å². The summed E-state index contributed by atoms with van der Waals surface area (Å²) in [4.78, 5) is 28.2. The van der Waals surface area contributed by atoms with E-state index < -0.39 is 5.97 Å². The molecule has 0 radical (unpaired) electrons. The quantitative estimate of drug-likeness (QED) is 0.824. The van der Waals surface area contributed by atoms with Crippen LogP contribution in [0.5, 0.6) is 0 Å². The van der Waals surface area contributed by atoms with E-state index in [1.165, 1.54) is 0 Å². The molecule has 0 fully saturated rings. The minimum Gasteiger partial charge on any atom is -0.476 e. The lowest BCUT2D eigenvalue weighted by atomic mass is 10.0. The third kappa shape index (κ3) is 2.23. The lowest BCUT2D eigenvalue weighted by Gasteiger charge is -2.18. The Morgan fingerprint density at radius 3 is 2.70 bits per heavy atom. The molecule has 1 aliphatic rings. The number of carboxylic acids is 1. The number of nitrogens with one attached hydrogen (secondary N) is 1. The highest BCUT2D eigenvalue weighted by molar-refractivity contribution is 5.88. The largest absolute Gasteiger partial charge is 0.476 e. The Morgan fingerprint density at radius 2 is 2.00 bits per heavy atom. The number of carbonyl (C=O) groups is 1. The van der Waals surface area contributed by atoms with Gasteiger partial charge >= 0.3 is 5.97 Å². The SMILES string of the molecule is Cc1cnc(-c2nc3c(c(C(=O)O)n2)CCNC3)nc1. The van der Waals surface area contributed by atoms with Gasteiger partial charge in [0.05, 0.1) is 5.69 Å². The second-order valence-corrected chi connectivity index (χ2v) is 4.64. The fraction of sp³-hybridized carbons (Fsp3) is 0.308. The maximum Gasteiger partial charge on any atom is 0.354 e. The van der Waals surface area contributed by atoms with Crippen LogP contribution in [0.4, 0.5) is 0 Å². The van der Waals surface area contributed by atoms with Gasteiger partial charge in [0.15, 0.2) is 17.3 Å². The van der Waals surface area contributed by atoms with Crippen LogP contribution in [0.2, 0.25) is 0 Å². The van der Waals surface area contributed by atoms with E-state index in [0.717, 1.165) is 12.1 Å². The highest BCUT2D eigenvalue weighted by Crippen LogP contribution is 2.19. The fourth-order valence-electron chi connectivity index (χ4n) is 2.14. The van der Waals surface area contributed by atoms with E-state index >= 15 is 0 Å². The molecule has 0 bridgehead atoms. The van der Waals surface area contributed by atoms with Crippen molar-refractivity contribution < 1.29 is 9.90 Å². The first kappa shape index (κ1) is 12.6. The molecule has 7 heteroatoms. The summed E-state index contributed by atoms with van der Waals surface area (Å²) >= 11 is 0. The highest BCUT2D eigenvalue weighted by atomic mass is 16.4. The highest BCUT2D eigenvalue weighted by Gasteiger charge is 2.22. The summed E-state index contributed by atoms with van der Waals surface area (Å²) in [6.07, 6.45) is 3.93. The zero-order valence-corrected chi connectivity index (χ0v) is 10.9. The summed E-state index contributed by atoms with van der Waals surface area (Å²) in [6, 6.07) is 0. The number of hydrogen-bond donors (Lipinski definition) is 2. The normalized spacial score (nSPS) is 13.8. The monoisotopic (exact) mass is 271 g/mol. The number of fused-ring (bicyclic) bond motifs is 1. The molecule has 0 amide bonds. The number of rotatable bonds is 2. The summed E-state index contributed by atoms with van der Waals surface area (Å²) in [7, 11) is 0. The molecule has 0 aliphatic carbocycles. The summed E-state index contributed by atoms with van der Waals surface area (Å²) in [5.74, 6) is -0.449. The van der Waals surface area contributed by atoms with Gasteiger partial charge < -0.3 is 10.4 Å². The second kappa shape index (κ2) is 4.93. The van der Waals surface area contributed by atoms with E-state index in [9.17, 15) is 9.90 Å². The van der Waals surface area contributed by atoms with Crippen LogP contribution in [-0.2, 0) is 13.0 Å². The molecule has 3 heterocycles. The molecule has 2 aromatic heterocycles. The van der Waals surface area contributed by atoms with E-state index in [4.69, 9.17) is 0 Å². The fourth-order valence-corrected chi connectivity index (χ4v) is 2.14. The molecule has 102 valence electrons. The minimum atomic E-state index is -1.04. The molecule has 3 rings (SSSR count). The van der Waals surface area contributed by atoms with Gasteiger partial charge in [-0.1, -0.05) is 0 Å². The summed E-state index contributed by atoms with van der Waals surface area (Å²) in [6.45, 7) is 3.15. The Labute approximate surface area is 115 Å². The van der Waals surface area contributed by atoms with Crippen molar-refractivity contribution in [1.29, 1.82) is 0 Å². The number of carboxylic acid groups (broad SMARTS) is 1. The van der Waals surface area contributed by atoms with Crippen LogP contribution in [0, 0.1) is 6.92 Å². The molecule has 20 heavy (non-hydrogen) atoms. The molecule has 0 spiro atoms. The molecular weight excluding hydrogens is 258 g/mol. The molecule has 2 aromatic rings. The predicted molar refractivity (Wildman–Crippen MR) is 70.2 cm³/mol. The summed E-state index contributed by atoms with van der Waals surface area (Å²) in [5, 5.41) is 12.5. The first-order chi connectivity index (χ1) is 9.65. The Morgan fingerprint density at radius 1 is 1.25 bits per heavy atom. The van der Waals surface area contributed by atoms with Crippen LogP contribution in [0.15, 0.2) is 12.4 Å². The van der Waals surface area contributed by atoms with Crippen molar-refractivity contribution in [3.8, 4) is 11.6 Å². The molecule has 0 aromatic carbocycles. The molecule has 0 unspecified atom stereocenters. The number of aromatic nitrogens is 4. The first-order valence-electron chi connectivity index (χ1n) is 6.28. The van der Waals surface area contributed by atoms with Gasteiger partial charge in [0.25, 0.3) is 0 Å². The van der Waals surface area contributed by atoms with E-state index in [-0.39, 0.29) is 11.5 Å². The van der Waals surface area contributed by atoms with Crippen LogP contribution in [0.25, 0.3) is 11.6 Å². The van der Waals surface area contributed by atoms with Crippen molar-refractivity contribution in [2.75, 3.05) is 6.54 Å². The van der Waals surface area contributed by atoms with Crippen LogP contribution in [0.1, 0.15) is 27.3 Å². The standard InChI is InChI=1S/C13H13N5O2/c1-7-4-15-11(16-5-7)12-17-9-6-14-3-2-8(9)10(18-12)13(19)20/h4-5,14H,2-3,6H2,1H3,(H,19,20). The van der Waals surface area contributed by atoms with Gasteiger partial charge in [-0.25, -0.2) is 24.7 Å². The Bertz CT molecular complexity index is 669. The Balaban J connectivity index is 2.14. The molecule has 2 N–H and O–H groups in total. The molecule has 0 atom stereocenters. The van der Waals surface area contributed by atoms with Gasteiger partial charge in [0.2, 0.25) is 0 Å². The molecule has 0 saturated carbocycles. The Hall–Kier alpha value is -2.41. The minimum absolute atomic E-state index is 0.0516. The molecular formula is C13H13N5O2. The van der Waals surface area contributed by atoms with Crippen LogP contribution in [0.3, 0.4) is 0 Å². The van der Waals surface area contributed by atoms with Gasteiger partial charge in [0, 0.05) is 24.5 Å². The molecule has 7 nitrogen and oxygen atoms in total. The van der Waals surface area contributed by atoms with Gasteiger partial charge in [-0.3, -0.25) is 0 Å². The summed E-state index contributed by atoms with van der Waals surface area (Å²) < 4.78 is 0. The lowest BCUT2D eigenvalue weighted by Crippen LogP contribution is -2.28. The van der Waals surface area contributed by atoms with Crippen molar-refractivity contribution in [3.63, 3.8) is 0 Å². The summed E-state index contributed by atoms with van der Waals surface area (Å²) in [5.41, 5.74) is 2.39. The maximum absolute atomic E-state index is 11.4. The van der Waals surface area contributed by atoms with E-state index in [1.54, 1.807) is 12.4 Å². The third-order valence-corrected chi connectivity index (χ3v) is 3.12. The zero-order chi connectivity index (χ0) is 14.1. The average molecular weight is 271 g/mol.